The third-order valence-electron chi connectivity index (χ3n) is 4.05. The number of fused-ring (bicyclic) bond motifs is 1. The number of aromatic nitrogens is 1. The van der Waals surface area contributed by atoms with Crippen molar-refractivity contribution in [3.8, 4) is 0 Å². The zero-order valence-electron chi connectivity index (χ0n) is 12.8. The summed E-state index contributed by atoms with van der Waals surface area (Å²) in [5.74, 6) is -0.450. The molecule has 3 rings (SSSR count). The number of alkyl halides is 3. The van der Waals surface area contributed by atoms with Crippen LogP contribution in [0.5, 0.6) is 0 Å². The number of halogens is 3. The molecular weight excluding hydrogens is 323 g/mol. The van der Waals surface area contributed by atoms with Gasteiger partial charge >= 0.3 is 6.18 Å². The molecule has 2 heterocycles. The second kappa shape index (κ2) is 6.27. The Morgan fingerprint density at radius 1 is 1.12 bits per heavy atom. The van der Waals surface area contributed by atoms with Crippen molar-refractivity contribution in [1.29, 1.82) is 0 Å². The highest BCUT2D eigenvalue weighted by molar-refractivity contribution is 5.97. The second-order valence-corrected chi connectivity index (χ2v) is 5.78. The minimum Gasteiger partial charge on any atom is -0.336 e. The normalized spacial score (nSPS) is 16.5. The van der Waals surface area contributed by atoms with E-state index in [1.165, 1.54) is 15.9 Å². The molecule has 1 N–H and O–H groups in total. The van der Waals surface area contributed by atoms with Crippen LogP contribution in [0.25, 0.3) is 10.9 Å². The van der Waals surface area contributed by atoms with E-state index in [4.69, 9.17) is 0 Å². The van der Waals surface area contributed by atoms with Crippen LogP contribution in [0.2, 0.25) is 0 Å². The first-order valence-corrected chi connectivity index (χ1v) is 7.54. The fourth-order valence-corrected chi connectivity index (χ4v) is 2.84. The lowest BCUT2D eigenvalue weighted by molar-refractivity contribution is -0.148. The largest absolute Gasteiger partial charge is 0.401 e. The van der Waals surface area contributed by atoms with Crippen LogP contribution in [0, 0.1) is 0 Å². The quantitative estimate of drug-likeness (QED) is 0.908. The number of piperazine rings is 1. The Bertz CT molecular complexity index is 808. The van der Waals surface area contributed by atoms with Crippen molar-refractivity contribution in [3.05, 3.63) is 46.2 Å². The van der Waals surface area contributed by atoms with Gasteiger partial charge in [-0.05, 0) is 17.5 Å². The monoisotopic (exact) mass is 339 g/mol. The number of amides is 1. The first-order chi connectivity index (χ1) is 11.3. The number of nitrogens with zero attached hydrogens (tertiary/aromatic N) is 2. The minimum atomic E-state index is -4.25. The van der Waals surface area contributed by atoms with Gasteiger partial charge in [0.1, 0.15) is 5.56 Å². The number of rotatable bonds is 2. The summed E-state index contributed by atoms with van der Waals surface area (Å²) in [7, 11) is 0. The highest BCUT2D eigenvalue weighted by Gasteiger charge is 2.33. The summed E-state index contributed by atoms with van der Waals surface area (Å²) in [4.78, 5) is 30.0. The summed E-state index contributed by atoms with van der Waals surface area (Å²) in [6, 6.07) is 8.62. The van der Waals surface area contributed by atoms with Crippen LogP contribution in [-0.2, 0) is 0 Å². The fourth-order valence-electron chi connectivity index (χ4n) is 2.84. The Kier molecular flexibility index (Phi) is 4.31. The van der Waals surface area contributed by atoms with Gasteiger partial charge in [0, 0.05) is 31.7 Å². The van der Waals surface area contributed by atoms with E-state index in [1.54, 1.807) is 24.3 Å². The number of aromatic amines is 1. The Balaban J connectivity index is 1.74. The van der Waals surface area contributed by atoms with E-state index in [9.17, 15) is 22.8 Å². The van der Waals surface area contributed by atoms with Gasteiger partial charge in [-0.25, -0.2) is 0 Å². The highest BCUT2D eigenvalue weighted by Crippen LogP contribution is 2.18. The van der Waals surface area contributed by atoms with Crippen molar-refractivity contribution in [2.24, 2.45) is 0 Å². The molecule has 0 unspecified atom stereocenters. The lowest BCUT2D eigenvalue weighted by Crippen LogP contribution is -2.51. The lowest BCUT2D eigenvalue weighted by Gasteiger charge is -2.34. The fraction of sp³-hybridized carbons (Fsp3) is 0.375. The molecule has 1 amide bonds. The maximum Gasteiger partial charge on any atom is 0.401 e. The first-order valence-electron chi connectivity index (χ1n) is 7.54. The van der Waals surface area contributed by atoms with Crippen LogP contribution in [0.3, 0.4) is 0 Å². The van der Waals surface area contributed by atoms with E-state index < -0.39 is 24.2 Å². The Labute approximate surface area is 135 Å². The SMILES string of the molecule is O=C(c1cc2ccccc2[nH]c1=O)N1CCN(CC(F)(F)F)CC1. The average Bonchev–Trinajstić information content (AvgIpc) is 2.53. The molecule has 0 atom stereocenters. The summed E-state index contributed by atoms with van der Waals surface area (Å²) in [5, 5.41) is 0.733. The van der Waals surface area contributed by atoms with E-state index >= 15 is 0 Å². The minimum absolute atomic E-state index is 0.0120. The van der Waals surface area contributed by atoms with E-state index in [-0.39, 0.29) is 31.7 Å². The van der Waals surface area contributed by atoms with Gasteiger partial charge in [-0.1, -0.05) is 18.2 Å². The molecule has 0 spiro atoms. The number of para-hydroxylation sites is 1. The molecule has 1 aliphatic rings. The van der Waals surface area contributed by atoms with Crippen LogP contribution in [0.1, 0.15) is 10.4 Å². The number of benzene rings is 1. The van der Waals surface area contributed by atoms with Crippen molar-refractivity contribution in [2.45, 2.75) is 6.18 Å². The van der Waals surface area contributed by atoms with E-state index in [0.29, 0.717) is 5.52 Å². The number of H-pyrrole nitrogens is 1. The molecule has 1 aromatic heterocycles. The highest BCUT2D eigenvalue weighted by atomic mass is 19.4. The van der Waals surface area contributed by atoms with E-state index in [2.05, 4.69) is 4.98 Å². The molecule has 1 fully saturated rings. The van der Waals surface area contributed by atoms with Gasteiger partial charge in [-0.2, -0.15) is 13.2 Å². The maximum absolute atomic E-state index is 12.5. The zero-order valence-corrected chi connectivity index (χ0v) is 12.8. The van der Waals surface area contributed by atoms with Gasteiger partial charge < -0.3 is 9.88 Å². The smallest absolute Gasteiger partial charge is 0.336 e. The first kappa shape index (κ1) is 16.5. The summed E-state index contributed by atoms with van der Waals surface area (Å²) in [6.07, 6.45) is -4.25. The van der Waals surface area contributed by atoms with Gasteiger partial charge in [0.05, 0.1) is 6.54 Å². The number of hydrogen-bond acceptors (Lipinski definition) is 3. The molecule has 0 bridgehead atoms. The molecular formula is C16H16F3N3O2. The predicted molar refractivity (Wildman–Crippen MR) is 83.0 cm³/mol. The maximum atomic E-state index is 12.5. The van der Waals surface area contributed by atoms with Crippen molar-refractivity contribution >= 4 is 16.8 Å². The van der Waals surface area contributed by atoms with E-state index in [1.807, 2.05) is 0 Å². The van der Waals surface area contributed by atoms with Gasteiger partial charge in [-0.15, -0.1) is 0 Å². The Morgan fingerprint density at radius 2 is 1.79 bits per heavy atom. The van der Waals surface area contributed by atoms with Crippen LogP contribution in [-0.4, -0.2) is 59.6 Å². The van der Waals surface area contributed by atoms with Gasteiger partial charge in [-0.3, -0.25) is 14.5 Å². The molecule has 1 aliphatic heterocycles. The number of carbonyl (C=O) groups is 1. The number of pyridine rings is 1. The van der Waals surface area contributed by atoms with Gasteiger partial charge in [0.15, 0.2) is 0 Å². The van der Waals surface area contributed by atoms with E-state index in [0.717, 1.165) is 5.39 Å². The molecule has 1 aromatic carbocycles. The standard InChI is InChI=1S/C16H16F3N3O2/c17-16(18,19)10-21-5-7-22(8-6-21)15(24)12-9-11-3-1-2-4-13(11)20-14(12)23/h1-4,9H,5-8,10H2,(H,20,23). The summed E-state index contributed by atoms with van der Waals surface area (Å²) >= 11 is 0. The summed E-state index contributed by atoms with van der Waals surface area (Å²) in [5.41, 5.74) is 0.156. The van der Waals surface area contributed by atoms with Crippen molar-refractivity contribution < 1.29 is 18.0 Å². The zero-order chi connectivity index (χ0) is 17.3. The topological polar surface area (TPSA) is 56.4 Å². The summed E-state index contributed by atoms with van der Waals surface area (Å²) in [6.45, 7) is -0.374. The Hall–Kier alpha value is -2.35. The van der Waals surface area contributed by atoms with Crippen molar-refractivity contribution in [2.75, 3.05) is 32.7 Å². The third-order valence-corrected chi connectivity index (χ3v) is 4.05. The van der Waals surface area contributed by atoms with Crippen molar-refractivity contribution in [1.82, 2.24) is 14.8 Å². The summed E-state index contributed by atoms with van der Waals surface area (Å²) < 4.78 is 37.2. The molecule has 8 heteroatoms. The number of hydrogen-bond donors (Lipinski definition) is 1. The molecule has 1 saturated heterocycles. The molecule has 128 valence electrons. The van der Waals surface area contributed by atoms with Crippen molar-refractivity contribution in [3.63, 3.8) is 0 Å². The molecule has 0 aliphatic carbocycles. The van der Waals surface area contributed by atoms with Crippen LogP contribution in [0.15, 0.2) is 35.1 Å². The molecule has 0 saturated carbocycles. The molecule has 2 aromatic rings. The van der Waals surface area contributed by atoms with Crippen LogP contribution >= 0.6 is 0 Å². The molecule has 0 radical (unpaired) electrons. The van der Waals surface area contributed by atoms with Crippen LogP contribution < -0.4 is 5.56 Å². The lowest BCUT2D eigenvalue weighted by atomic mass is 10.1. The second-order valence-electron chi connectivity index (χ2n) is 5.78. The van der Waals surface area contributed by atoms with Crippen LogP contribution in [0.4, 0.5) is 13.2 Å². The van der Waals surface area contributed by atoms with Gasteiger partial charge in [0.25, 0.3) is 11.5 Å². The molecule has 24 heavy (non-hydrogen) atoms. The third kappa shape index (κ3) is 3.59. The predicted octanol–water partition coefficient (Wildman–Crippen LogP) is 1.85. The number of nitrogens with one attached hydrogen (secondary N) is 1. The number of carbonyl (C=O) groups excluding carboxylic acids is 1. The average molecular weight is 339 g/mol. The Morgan fingerprint density at radius 3 is 2.46 bits per heavy atom. The van der Waals surface area contributed by atoms with Gasteiger partial charge in [0.2, 0.25) is 0 Å². The molecule has 5 nitrogen and oxygen atoms in total.